The van der Waals surface area contributed by atoms with Crippen LogP contribution in [0.15, 0.2) is 24.3 Å². The van der Waals surface area contributed by atoms with Crippen LogP contribution in [0.25, 0.3) is 0 Å². The van der Waals surface area contributed by atoms with Crippen LogP contribution in [0.1, 0.15) is 20.8 Å². The predicted octanol–water partition coefficient (Wildman–Crippen LogP) is 1.95. The van der Waals surface area contributed by atoms with Crippen LogP contribution in [-0.4, -0.2) is 29.9 Å². The molecule has 0 bridgehead atoms. The van der Waals surface area contributed by atoms with E-state index in [2.05, 4.69) is 5.32 Å². The number of rotatable bonds is 6. The van der Waals surface area contributed by atoms with Crippen LogP contribution >= 0.6 is 0 Å². The van der Waals surface area contributed by atoms with E-state index in [-0.39, 0.29) is 25.1 Å². The van der Waals surface area contributed by atoms with E-state index in [1.54, 1.807) is 12.1 Å². The van der Waals surface area contributed by atoms with Crippen LogP contribution in [0, 0.1) is 5.82 Å². The molecule has 0 spiro atoms. The molecule has 96 valence electrons. The van der Waals surface area contributed by atoms with Crippen molar-refractivity contribution in [2.75, 3.05) is 13.2 Å². The molecule has 0 aliphatic carbocycles. The van der Waals surface area contributed by atoms with Crippen molar-refractivity contribution in [3.63, 3.8) is 0 Å². The van der Waals surface area contributed by atoms with E-state index in [4.69, 9.17) is 4.74 Å². The van der Waals surface area contributed by atoms with E-state index in [1.165, 1.54) is 12.1 Å². The van der Waals surface area contributed by atoms with E-state index in [0.717, 1.165) is 0 Å². The van der Waals surface area contributed by atoms with Crippen LogP contribution in [0.3, 0.4) is 0 Å². The summed E-state index contributed by atoms with van der Waals surface area (Å²) in [6, 6.07) is 6.22. The molecule has 2 N–H and O–H groups in total. The van der Waals surface area contributed by atoms with Crippen molar-refractivity contribution in [3.8, 4) is 5.75 Å². The second-order valence-corrected chi connectivity index (χ2v) is 4.76. The van der Waals surface area contributed by atoms with Gasteiger partial charge in [-0.2, -0.15) is 0 Å². The molecule has 0 saturated carbocycles. The SMILES string of the molecule is CC(C)NC(C)(CO)COc1cccc(F)c1. The normalized spacial score (nSPS) is 14.7. The predicted molar refractivity (Wildman–Crippen MR) is 65.7 cm³/mol. The fraction of sp³-hybridized carbons (Fsp3) is 0.538. The Morgan fingerprint density at radius 3 is 2.71 bits per heavy atom. The van der Waals surface area contributed by atoms with Gasteiger partial charge in [0.25, 0.3) is 0 Å². The molecule has 0 aliphatic rings. The van der Waals surface area contributed by atoms with E-state index >= 15 is 0 Å². The molecule has 17 heavy (non-hydrogen) atoms. The topological polar surface area (TPSA) is 41.5 Å². The fourth-order valence-electron chi connectivity index (χ4n) is 1.63. The molecule has 0 saturated heterocycles. The summed E-state index contributed by atoms with van der Waals surface area (Å²) >= 11 is 0. The number of nitrogens with one attached hydrogen (secondary N) is 1. The molecule has 0 radical (unpaired) electrons. The number of aliphatic hydroxyl groups excluding tert-OH is 1. The molecule has 1 atom stereocenters. The second-order valence-electron chi connectivity index (χ2n) is 4.76. The van der Waals surface area contributed by atoms with Gasteiger partial charge in [0.05, 0.1) is 12.1 Å². The summed E-state index contributed by atoms with van der Waals surface area (Å²) in [5, 5.41) is 12.6. The molecule has 3 nitrogen and oxygen atoms in total. The zero-order chi connectivity index (χ0) is 12.9. The molecule has 0 amide bonds. The number of ether oxygens (including phenoxy) is 1. The molecule has 0 fully saturated rings. The number of aliphatic hydroxyl groups is 1. The maximum atomic E-state index is 12.9. The first-order valence-corrected chi connectivity index (χ1v) is 5.72. The minimum Gasteiger partial charge on any atom is -0.491 e. The van der Waals surface area contributed by atoms with Gasteiger partial charge in [-0.15, -0.1) is 0 Å². The van der Waals surface area contributed by atoms with Gasteiger partial charge in [-0.05, 0) is 19.1 Å². The Hall–Kier alpha value is -1.13. The molecule has 0 heterocycles. The monoisotopic (exact) mass is 241 g/mol. The molecule has 4 heteroatoms. The Balaban J connectivity index is 2.58. The van der Waals surface area contributed by atoms with Crippen molar-refractivity contribution in [1.82, 2.24) is 5.32 Å². The Morgan fingerprint density at radius 2 is 2.18 bits per heavy atom. The maximum Gasteiger partial charge on any atom is 0.126 e. The standard InChI is InChI=1S/C13H20FNO2/c1-10(2)15-13(3,8-16)9-17-12-6-4-5-11(14)7-12/h4-7,10,15-16H,8-9H2,1-3H3. The van der Waals surface area contributed by atoms with Crippen LogP contribution in [0.5, 0.6) is 5.75 Å². The lowest BCUT2D eigenvalue weighted by molar-refractivity contribution is 0.108. The quantitative estimate of drug-likeness (QED) is 0.800. The van der Waals surface area contributed by atoms with Crippen LogP contribution in [0.2, 0.25) is 0 Å². The van der Waals surface area contributed by atoms with E-state index < -0.39 is 5.54 Å². The molecule has 1 unspecified atom stereocenters. The van der Waals surface area contributed by atoms with E-state index in [1.807, 2.05) is 20.8 Å². The molecule has 0 aliphatic heterocycles. The van der Waals surface area contributed by atoms with Gasteiger partial charge < -0.3 is 15.2 Å². The maximum absolute atomic E-state index is 12.9. The summed E-state index contributed by atoms with van der Waals surface area (Å²) in [6.45, 7) is 6.10. The lowest BCUT2D eigenvalue weighted by Gasteiger charge is -2.30. The van der Waals surface area contributed by atoms with Gasteiger partial charge >= 0.3 is 0 Å². The highest BCUT2D eigenvalue weighted by Gasteiger charge is 2.24. The zero-order valence-corrected chi connectivity index (χ0v) is 10.5. The third-order valence-corrected chi connectivity index (χ3v) is 2.34. The van der Waals surface area contributed by atoms with Gasteiger partial charge in [0.15, 0.2) is 0 Å². The molecule has 1 aromatic carbocycles. The van der Waals surface area contributed by atoms with Gasteiger partial charge in [0, 0.05) is 12.1 Å². The van der Waals surface area contributed by atoms with Crippen LogP contribution < -0.4 is 10.1 Å². The summed E-state index contributed by atoms with van der Waals surface area (Å²) < 4.78 is 18.4. The van der Waals surface area contributed by atoms with Crippen molar-refractivity contribution in [1.29, 1.82) is 0 Å². The summed E-state index contributed by atoms with van der Waals surface area (Å²) in [6.07, 6.45) is 0. The summed E-state index contributed by atoms with van der Waals surface area (Å²) in [7, 11) is 0. The van der Waals surface area contributed by atoms with E-state index in [9.17, 15) is 9.50 Å². The highest BCUT2D eigenvalue weighted by atomic mass is 19.1. The smallest absolute Gasteiger partial charge is 0.126 e. The number of benzene rings is 1. The lowest BCUT2D eigenvalue weighted by Crippen LogP contribution is -2.53. The van der Waals surface area contributed by atoms with Crippen LogP contribution in [-0.2, 0) is 0 Å². The second kappa shape index (κ2) is 5.98. The molecular weight excluding hydrogens is 221 g/mol. The first-order chi connectivity index (χ1) is 7.95. The van der Waals surface area contributed by atoms with Crippen molar-refractivity contribution in [2.24, 2.45) is 0 Å². The van der Waals surface area contributed by atoms with Gasteiger partial charge in [0.2, 0.25) is 0 Å². The number of hydrogen-bond acceptors (Lipinski definition) is 3. The summed E-state index contributed by atoms with van der Waals surface area (Å²) in [5.74, 6) is 0.139. The van der Waals surface area contributed by atoms with Crippen molar-refractivity contribution in [3.05, 3.63) is 30.1 Å². The van der Waals surface area contributed by atoms with Gasteiger partial charge in [-0.1, -0.05) is 19.9 Å². The Morgan fingerprint density at radius 1 is 1.47 bits per heavy atom. The molecular formula is C13H20FNO2. The van der Waals surface area contributed by atoms with Gasteiger partial charge in [0.1, 0.15) is 18.2 Å². The van der Waals surface area contributed by atoms with Gasteiger partial charge in [-0.3, -0.25) is 0 Å². The first kappa shape index (κ1) is 13.9. The van der Waals surface area contributed by atoms with Crippen LogP contribution in [0.4, 0.5) is 4.39 Å². The molecule has 0 aromatic heterocycles. The lowest BCUT2D eigenvalue weighted by atomic mass is 10.0. The molecule has 1 aromatic rings. The number of hydrogen-bond donors (Lipinski definition) is 2. The fourth-order valence-corrected chi connectivity index (χ4v) is 1.63. The number of halogens is 1. The Kier molecular flexibility index (Phi) is 4.90. The Labute approximate surface area is 102 Å². The Bertz CT molecular complexity index is 357. The van der Waals surface area contributed by atoms with Crippen molar-refractivity contribution < 1.29 is 14.2 Å². The largest absolute Gasteiger partial charge is 0.491 e. The summed E-state index contributed by atoms with van der Waals surface area (Å²) in [4.78, 5) is 0. The average Bonchev–Trinajstić information content (AvgIpc) is 2.26. The highest BCUT2D eigenvalue weighted by Crippen LogP contribution is 2.14. The highest BCUT2D eigenvalue weighted by molar-refractivity contribution is 5.22. The third kappa shape index (κ3) is 4.71. The third-order valence-electron chi connectivity index (χ3n) is 2.34. The first-order valence-electron chi connectivity index (χ1n) is 5.72. The van der Waals surface area contributed by atoms with Crippen molar-refractivity contribution in [2.45, 2.75) is 32.4 Å². The minimum atomic E-state index is -0.527. The average molecular weight is 241 g/mol. The van der Waals surface area contributed by atoms with E-state index in [0.29, 0.717) is 5.75 Å². The van der Waals surface area contributed by atoms with Crippen molar-refractivity contribution >= 4 is 0 Å². The zero-order valence-electron chi connectivity index (χ0n) is 10.5. The molecule has 1 rings (SSSR count). The minimum absolute atomic E-state index is 0.0412. The summed E-state index contributed by atoms with van der Waals surface area (Å²) in [5.41, 5.74) is -0.527. The van der Waals surface area contributed by atoms with Gasteiger partial charge in [-0.25, -0.2) is 4.39 Å².